The largest absolute Gasteiger partial charge is 0.462 e. The average Bonchev–Trinajstić information content (AvgIpc) is 3.49. The van der Waals surface area contributed by atoms with E-state index in [9.17, 15) is 14.4 Å². The number of hydrogen-bond donors (Lipinski definition) is 0. The van der Waals surface area contributed by atoms with Gasteiger partial charge >= 0.3 is 17.9 Å². The van der Waals surface area contributed by atoms with Crippen LogP contribution in [0.2, 0.25) is 0 Å². The molecule has 0 aromatic heterocycles. The second-order valence-corrected chi connectivity index (χ2v) is 21.2. The molecule has 0 spiro atoms. The molecular formula is C77H120O6. The highest BCUT2D eigenvalue weighted by atomic mass is 16.6. The van der Waals surface area contributed by atoms with Crippen molar-refractivity contribution < 1.29 is 28.6 Å². The fraction of sp³-hybridized carbons (Fsp3) is 0.571. The van der Waals surface area contributed by atoms with Crippen molar-refractivity contribution in [1.29, 1.82) is 0 Å². The van der Waals surface area contributed by atoms with Gasteiger partial charge in [-0.05, 0) is 141 Å². The van der Waals surface area contributed by atoms with Gasteiger partial charge in [-0.25, -0.2) is 0 Å². The number of esters is 3. The molecule has 0 heterocycles. The van der Waals surface area contributed by atoms with E-state index in [-0.39, 0.29) is 44.0 Å². The molecule has 0 saturated carbocycles. The topological polar surface area (TPSA) is 78.9 Å². The van der Waals surface area contributed by atoms with Crippen LogP contribution in [-0.2, 0) is 28.6 Å². The normalized spacial score (nSPS) is 13.3. The lowest BCUT2D eigenvalue weighted by Crippen LogP contribution is -2.30. The van der Waals surface area contributed by atoms with Gasteiger partial charge < -0.3 is 14.2 Å². The van der Waals surface area contributed by atoms with Crippen LogP contribution in [0.1, 0.15) is 265 Å². The lowest BCUT2D eigenvalue weighted by molar-refractivity contribution is -0.166. The zero-order valence-electron chi connectivity index (χ0n) is 53.1. The Hall–Kier alpha value is -5.49. The van der Waals surface area contributed by atoms with Crippen LogP contribution >= 0.6 is 0 Å². The summed E-state index contributed by atoms with van der Waals surface area (Å²) in [4.78, 5) is 38.3. The van der Waals surface area contributed by atoms with Gasteiger partial charge in [0, 0.05) is 19.3 Å². The van der Waals surface area contributed by atoms with Crippen molar-refractivity contribution in [2.24, 2.45) is 0 Å². The molecule has 0 fully saturated rings. The molecule has 0 rings (SSSR count). The number of ether oxygens (including phenoxy) is 3. The predicted octanol–water partition coefficient (Wildman–Crippen LogP) is 23.2. The zero-order chi connectivity index (χ0) is 59.9. The number of unbranched alkanes of at least 4 members (excludes halogenated alkanes) is 17. The highest BCUT2D eigenvalue weighted by Crippen LogP contribution is 2.15. The Kier molecular flexibility index (Phi) is 64.4. The summed E-state index contributed by atoms with van der Waals surface area (Å²) in [5.41, 5.74) is 0. The summed E-state index contributed by atoms with van der Waals surface area (Å²) in [5, 5.41) is 0. The SMILES string of the molecule is CC/C=C\C/C=C\C/C=C\C/C=C\C/C=C\C/C=C\CCCCCCCCCCCCCCC(=O)OCC(COC(=O)CC/C=C\C/C=C\C/C=C\C/C=C\CC)OC(=O)CCCCCCC/C=C\C/C=C\C/C=C\C/C=C\C/C=C\CC. The Bertz CT molecular complexity index is 1940. The van der Waals surface area contributed by atoms with Crippen molar-refractivity contribution in [1.82, 2.24) is 0 Å². The first-order valence-corrected chi connectivity index (χ1v) is 33.3. The van der Waals surface area contributed by atoms with E-state index >= 15 is 0 Å². The molecule has 0 aliphatic heterocycles. The highest BCUT2D eigenvalue weighted by Gasteiger charge is 2.19. The molecular weight excluding hydrogens is 1020 g/mol. The second-order valence-electron chi connectivity index (χ2n) is 21.2. The fourth-order valence-corrected chi connectivity index (χ4v) is 8.55. The molecule has 0 bridgehead atoms. The van der Waals surface area contributed by atoms with E-state index in [4.69, 9.17) is 14.2 Å². The number of allylic oxidation sites excluding steroid dienone is 30. The van der Waals surface area contributed by atoms with Gasteiger partial charge in [-0.15, -0.1) is 0 Å². The van der Waals surface area contributed by atoms with Crippen molar-refractivity contribution in [3.05, 3.63) is 182 Å². The van der Waals surface area contributed by atoms with Crippen LogP contribution < -0.4 is 0 Å². The van der Waals surface area contributed by atoms with Gasteiger partial charge in [0.15, 0.2) is 6.10 Å². The van der Waals surface area contributed by atoms with E-state index in [1.807, 2.05) is 12.2 Å². The van der Waals surface area contributed by atoms with Gasteiger partial charge in [-0.1, -0.05) is 287 Å². The second kappa shape index (κ2) is 69.0. The minimum absolute atomic E-state index is 0.117. The maximum Gasteiger partial charge on any atom is 0.306 e. The Balaban J connectivity index is 4.37. The summed E-state index contributed by atoms with van der Waals surface area (Å²) in [6.07, 6.45) is 104. The van der Waals surface area contributed by atoms with E-state index in [2.05, 4.69) is 191 Å². The van der Waals surface area contributed by atoms with E-state index in [1.165, 1.54) is 64.2 Å². The van der Waals surface area contributed by atoms with Crippen LogP contribution in [0.25, 0.3) is 0 Å². The summed E-state index contributed by atoms with van der Waals surface area (Å²) in [6.45, 7) is 6.21. The van der Waals surface area contributed by atoms with Gasteiger partial charge in [0.25, 0.3) is 0 Å². The van der Waals surface area contributed by atoms with Crippen LogP contribution in [0.5, 0.6) is 0 Å². The van der Waals surface area contributed by atoms with Crippen molar-refractivity contribution in [3.63, 3.8) is 0 Å². The molecule has 0 N–H and O–H groups in total. The summed E-state index contributed by atoms with van der Waals surface area (Å²) < 4.78 is 16.8. The average molecular weight is 1140 g/mol. The Morgan fingerprint density at radius 2 is 0.458 bits per heavy atom. The first kappa shape index (κ1) is 77.5. The Morgan fingerprint density at radius 1 is 0.241 bits per heavy atom. The van der Waals surface area contributed by atoms with Crippen molar-refractivity contribution in [2.45, 2.75) is 271 Å². The zero-order valence-corrected chi connectivity index (χ0v) is 53.1. The molecule has 0 saturated heterocycles. The van der Waals surface area contributed by atoms with Crippen molar-refractivity contribution in [3.8, 4) is 0 Å². The van der Waals surface area contributed by atoms with Crippen molar-refractivity contribution in [2.75, 3.05) is 13.2 Å². The van der Waals surface area contributed by atoms with E-state index < -0.39 is 6.10 Å². The molecule has 464 valence electrons. The molecule has 0 amide bonds. The summed E-state index contributed by atoms with van der Waals surface area (Å²) in [7, 11) is 0. The molecule has 0 radical (unpaired) electrons. The maximum absolute atomic E-state index is 12.9. The minimum Gasteiger partial charge on any atom is -0.462 e. The van der Waals surface area contributed by atoms with Crippen LogP contribution in [0.3, 0.4) is 0 Å². The van der Waals surface area contributed by atoms with Gasteiger partial charge in [0.2, 0.25) is 0 Å². The predicted molar refractivity (Wildman–Crippen MR) is 361 cm³/mol. The van der Waals surface area contributed by atoms with Gasteiger partial charge in [-0.2, -0.15) is 0 Å². The monoisotopic (exact) mass is 1140 g/mol. The number of carbonyl (C=O) groups is 3. The minimum atomic E-state index is -0.829. The molecule has 1 unspecified atom stereocenters. The lowest BCUT2D eigenvalue weighted by Gasteiger charge is -2.18. The standard InChI is InChI=1S/C77H120O6/c1-4-7-10-13-16-19-22-25-27-29-31-33-34-35-36-37-38-39-40-41-42-44-45-47-49-52-55-58-61-64-67-70-76(79)82-73-74(72-81-75(78)69-66-63-60-57-54-51-24-21-18-15-12-9-6-3)83-77(80)71-68-65-62-59-56-53-50-48-46-43-32-30-28-26-23-20-17-14-11-8-5-2/h7-12,16-21,25-28,31-33,35-36,38-39,43,48,50-51,54,60,63,74H,4-6,13-15,22-24,29-30,34,37,40-42,44-47,49,52-53,55-59,61-62,64-73H2,1-3H3/b10-7-,11-8-,12-9-,19-16-,20-17-,21-18-,27-25-,28-26-,33-31-,36-35-,39-38-,43-32-,50-48-,54-51-,63-60-. The highest BCUT2D eigenvalue weighted by molar-refractivity contribution is 5.71. The summed E-state index contributed by atoms with van der Waals surface area (Å²) >= 11 is 0. The summed E-state index contributed by atoms with van der Waals surface area (Å²) in [6, 6.07) is 0. The van der Waals surface area contributed by atoms with Crippen LogP contribution in [0, 0.1) is 0 Å². The molecule has 1 atom stereocenters. The number of rotatable bonds is 58. The third kappa shape index (κ3) is 67.2. The molecule has 0 aromatic carbocycles. The third-order valence-corrected chi connectivity index (χ3v) is 13.4. The summed E-state index contributed by atoms with van der Waals surface area (Å²) in [5.74, 6) is -1.03. The number of carbonyl (C=O) groups excluding carboxylic acids is 3. The van der Waals surface area contributed by atoms with Gasteiger partial charge in [-0.3, -0.25) is 14.4 Å². The number of hydrogen-bond acceptors (Lipinski definition) is 6. The van der Waals surface area contributed by atoms with Gasteiger partial charge in [0.05, 0.1) is 0 Å². The Morgan fingerprint density at radius 3 is 0.747 bits per heavy atom. The van der Waals surface area contributed by atoms with Crippen LogP contribution in [0.4, 0.5) is 0 Å². The Labute approximate surface area is 510 Å². The molecule has 6 nitrogen and oxygen atoms in total. The van der Waals surface area contributed by atoms with Crippen LogP contribution in [-0.4, -0.2) is 37.2 Å². The molecule has 0 aliphatic rings. The molecule has 0 aromatic rings. The smallest absolute Gasteiger partial charge is 0.306 e. The third-order valence-electron chi connectivity index (χ3n) is 13.4. The van der Waals surface area contributed by atoms with Crippen LogP contribution in [0.15, 0.2) is 182 Å². The van der Waals surface area contributed by atoms with Crippen molar-refractivity contribution >= 4 is 17.9 Å². The molecule has 6 heteroatoms. The lowest BCUT2D eigenvalue weighted by atomic mass is 10.0. The quantitative estimate of drug-likeness (QED) is 0.0261. The first-order valence-electron chi connectivity index (χ1n) is 33.3. The first-order chi connectivity index (χ1) is 41.0. The molecule has 0 aliphatic carbocycles. The maximum atomic E-state index is 12.9. The molecule has 83 heavy (non-hydrogen) atoms. The van der Waals surface area contributed by atoms with Gasteiger partial charge in [0.1, 0.15) is 13.2 Å². The van der Waals surface area contributed by atoms with E-state index in [1.54, 1.807) is 0 Å². The van der Waals surface area contributed by atoms with E-state index in [0.717, 1.165) is 154 Å². The van der Waals surface area contributed by atoms with E-state index in [0.29, 0.717) is 12.8 Å². The fourth-order valence-electron chi connectivity index (χ4n) is 8.55.